The maximum Gasteiger partial charge on any atom is 0.144 e. The first-order valence-electron chi connectivity index (χ1n) is 7.52. The van der Waals surface area contributed by atoms with E-state index in [4.69, 9.17) is 9.97 Å². The molecule has 0 aromatic carbocycles. The van der Waals surface area contributed by atoms with Crippen LogP contribution in [0.4, 0.5) is 5.82 Å². The Balaban J connectivity index is 3.11. The summed E-state index contributed by atoms with van der Waals surface area (Å²) in [5, 5.41) is 3.40. The lowest BCUT2D eigenvalue weighted by atomic mass is 9.92. The molecule has 0 bridgehead atoms. The molecule has 1 aromatic rings. The van der Waals surface area contributed by atoms with Crippen molar-refractivity contribution in [2.45, 2.75) is 60.8 Å². The molecule has 1 heterocycles. The van der Waals surface area contributed by atoms with Gasteiger partial charge >= 0.3 is 0 Å². The molecule has 0 amide bonds. The number of anilines is 1. The Bertz CT molecular complexity index is 436. The highest BCUT2D eigenvalue weighted by Crippen LogP contribution is 2.28. The molecule has 1 N–H and O–H groups in total. The highest BCUT2D eigenvalue weighted by atomic mass is 79.9. The molecule has 0 aliphatic carbocycles. The van der Waals surface area contributed by atoms with E-state index in [0.29, 0.717) is 5.92 Å². The molecule has 20 heavy (non-hydrogen) atoms. The minimum absolute atomic E-state index is 0.199. The summed E-state index contributed by atoms with van der Waals surface area (Å²) in [7, 11) is 0. The molecule has 1 aromatic heterocycles. The smallest absolute Gasteiger partial charge is 0.144 e. The van der Waals surface area contributed by atoms with Gasteiger partial charge in [0, 0.05) is 13.0 Å². The summed E-state index contributed by atoms with van der Waals surface area (Å²) in [5.41, 5.74) is 1.32. The van der Waals surface area contributed by atoms with Crippen LogP contribution in [-0.2, 0) is 12.8 Å². The molecule has 0 radical (unpaired) electrons. The van der Waals surface area contributed by atoms with Crippen LogP contribution in [0.15, 0.2) is 4.47 Å². The van der Waals surface area contributed by atoms with Crippen molar-refractivity contribution in [2.24, 2.45) is 11.3 Å². The second-order valence-electron chi connectivity index (χ2n) is 7.01. The molecule has 1 rings (SSSR count). The van der Waals surface area contributed by atoms with Crippen molar-refractivity contribution >= 4 is 21.7 Å². The summed E-state index contributed by atoms with van der Waals surface area (Å²) in [5.74, 6) is 2.47. The van der Waals surface area contributed by atoms with Crippen LogP contribution in [0.3, 0.4) is 0 Å². The summed E-state index contributed by atoms with van der Waals surface area (Å²) in [4.78, 5) is 9.46. The zero-order valence-corrected chi connectivity index (χ0v) is 15.3. The maximum atomic E-state index is 4.77. The maximum absolute atomic E-state index is 4.77. The average Bonchev–Trinajstić information content (AvgIpc) is 2.28. The predicted molar refractivity (Wildman–Crippen MR) is 90.2 cm³/mol. The SMILES string of the molecule is CCCNc1nc(CC(C)(C)C)nc(CC(C)C)c1Br. The number of nitrogens with one attached hydrogen (secondary N) is 1. The third-order valence-corrected chi connectivity index (χ3v) is 3.63. The van der Waals surface area contributed by atoms with Crippen LogP contribution < -0.4 is 5.32 Å². The highest BCUT2D eigenvalue weighted by Gasteiger charge is 2.18. The van der Waals surface area contributed by atoms with Gasteiger partial charge in [0.25, 0.3) is 0 Å². The van der Waals surface area contributed by atoms with Gasteiger partial charge in [0.05, 0.1) is 10.2 Å². The van der Waals surface area contributed by atoms with Crippen LogP contribution in [0.1, 0.15) is 59.5 Å². The second-order valence-corrected chi connectivity index (χ2v) is 7.80. The lowest BCUT2D eigenvalue weighted by Crippen LogP contribution is -2.16. The van der Waals surface area contributed by atoms with Gasteiger partial charge in [-0.05, 0) is 40.1 Å². The van der Waals surface area contributed by atoms with Crippen molar-refractivity contribution in [2.75, 3.05) is 11.9 Å². The second kappa shape index (κ2) is 7.39. The van der Waals surface area contributed by atoms with Crippen molar-refractivity contribution in [1.82, 2.24) is 9.97 Å². The van der Waals surface area contributed by atoms with E-state index in [2.05, 4.69) is 62.8 Å². The van der Waals surface area contributed by atoms with Gasteiger partial charge in [-0.2, -0.15) is 0 Å². The molecule has 0 fully saturated rings. The van der Waals surface area contributed by atoms with Crippen LogP contribution in [0.5, 0.6) is 0 Å². The third kappa shape index (κ3) is 5.78. The number of halogens is 1. The van der Waals surface area contributed by atoms with Gasteiger partial charge in [0.2, 0.25) is 0 Å². The largest absolute Gasteiger partial charge is 0.369 e. The summed E-state index contributed by atoms with van der Waals surface area (Å²) >= 11 is 3.67. The minimum Gasteiger partial charge on any atom is -0.369 e. The van der Waals surface area contributed by atoms with E-state index in [0.717, 1.165) is 47.6 Å². The Morgan fingerprint density at radius 3 is 2.35 bits per heavy atom. The van der Waals surface area contributed by atoms with Crippen LogP contribution in [-0.4, -0.2) is 16.5 Å². The van der Waals surface area contributed by atoms with Gasteiger partial charge in [0.15, 0.2) is 0 Å². The van der Waals surface area contributed by atoms with E-state index in [1.807, 2.05) is 0 Å². The topological polar surface area (TPSA) is 37.8 Å². The monoisotopic (exact) mass is 341 g/mol. The first-order valence-corrected chi connectivity index (χ1v) is 8.31. The van der Waals surface area contributed by atoms with E-state index in [9.17, 15) is 0 Å². The Labute approximate surface area is 132 Å². The van der Waals surface area contributed by atoms with Gasteiger partial charge in [-0.15, -0.1) is 0 Å². The van der Waals surface area contributed by atoms with Crippen LogP contribution in [0, 0.1) is 11.3 Å². The minimum atomic E-state index is 0.199. The molecule has 0 aliphatic heterocycles. The average molecular weight is 342 g/mol. The van der Waals surface area contributed by atoms with Crippen LogP contribution in [0.2, 0.25) is 0 Å². The first-order chi connectivity index (χ1) is 9.23. The van der Waals surface area contributed by atoms with E-state index in [1.165, 1.54) is 0 Å². The Hall–Kier alpha value is -0.640. The molecular formula is C16H28BrN3. The first kappa shape index (κ1) is 17.4. The fourth-order valence-corrected chi connectivity index (χ4v) is 2.46. The molecule has 0 unspecified atom stereocenters. The van der Waals surface area contributed by atoms with Gasteiger partial charge in [0.1, 0.15) is 11.6 Å². The zero-order chi connectivity index (χ0) is 15.3. The quantitative estimate of drug-likeness (QED) is 0.803. The predicted octanol–water partition coefficient (Wildman–Crippen LogP) is 4.85. The Morgan fingerprint density at radius 1 is 1.20 bits per heavy atom. The Kier molecular flexibility index (Phi) is 6.44. The number of hydrogen-bond donors (Lipinski definition) is 1. The molecule has 4 heteroatoms. The summed E-state index contributed by atoms with van der Waals surface area (Å²) in [6, 6.07) is 0. The standard InChI is InChI=1S/C16H28BrN3/c1-7-8-18-15-14(17)12(9-11(2)3)19-13(20-15)10-16(4,5)6/h11H,7-10H2,1-6H3,(H,18,19,20). The number of rotatable bonds is 6. The number of hydrogen-bond acceptors (Lipinski definition) is 3. The van der Waals surface area contributed by atoms with E-state index < -0.39 is 0 Å². The highest BCUT2D eigenvalue weighted by molar-refractivity contribution is 9.10. The fraction of sp³-hybridized carbons (Fsp3) is 0.750. The van der Waals surface area contributed by atoms with Gasteiger partial charge in [-0.25, -0.2) is 9.97 Å². The molecule has 0 saturated carbocycles. The normalized spacial score (nSPS) is 12.0. The molecule has 0 saturated heterocycles. The van der Waals surface area contributed by atoms with Crippen molar-refractivity contribution in [3.8, 4) is 0 Å². The van der Waals surface area contributed by atoms with Crippen LogP contribution in [0.25, 0.3) is 0 Å². The van der Waals surface area contributed by atoms with Crippen molar-refractivity contribution in [3.63, 3.8) is 0 Å². The zero-order valence-electron chi connectivity index (χ0n) is 13.7. The molecule has 0 aliphatic rings. The molecule has 114 valence electrons. The summed E-state index contributed by atoms with van der Waals surface area (Å²) in [6.45, 7) is 14.2. The lowest BCUT2D eigenvalue weighted by Gasteiger charge is -2.19. The van der Waals surface area contributed by atoms with Crippen molar-refractivity contribution in [3.05, 3.63) is 16.0 Å². The fourth-order valence-electron chi connectivity index (χ4n) is 1.98. The van der Waals surface area contributed by atoms with Crippen molar-refractivity contribution in [1.29, 1.82) is 0 Å². The van der Waals surface area contributed by atoms with E-state index >= 15 is 0 Å². The van der Waals surface area contributed by atoms with E-state index in [1.54, 1.807) is 0 Å². The third-order valence-electron chi connectivity index (χ3n) is 2.80. The van der Waals surface area contributed by atoms with Gasteiger partial charge < -0.3 is 5.32 Å². The summed E-state index contributed by atoms with van der Waals surface area (Å²) < 4.78 is 1.03. The molecule has 0 spiro atoms. The molecule has 3 nitrogen and oxygen atoms in total. The van der Waals surface area contributed by atoms with E-state index in [-0.39, 0.29) is 5.41 Å². The molecular weight excluding hydrogens is 314 g/mol. The molecule has 0 atom stereocenters. The summed E-state index contributed by atoms with van der Waals surface area (Å²) in [6.07, 6.45) is 2.96. The van der Waals surface area contributed by atoms with Gasteiger partial charge in [-0.1, -0.05) is 41.5 Å². The number of aromatic nitrogens is 2. The Morgan fingerprint density at radius 2 is 1.85 bits per heavy atom. The van der Waals surface area contributed by atoms with Crippen LogP contribution >= 0.6 is 15.9 Å². The lowest BCUT2D eigenvalue weighted by molar-refractivity contribution is 0.399. The number of nitrogens with zero attached hydrogens (tertiary/aromatic N) is 2. The van der Waals surface area contributed by atoms with Crippen molar-refractivity contribution < 1.29 is 0 Å². The van der Waals surface area contributed by atoms with Gasteiger partial charge in [-0.3, -0.25) is 0 Å².